The summed E-state index contributed by atoms with van der Waals surface area (Å²) in [6.07, 6.45) is 2.42. The monoisotopic (exact) mass is 501 g/mol. The van der Waals surface area contributed by atoms with Gasteiger partial charge in [0.2, 0.25) is 0 Å². The summed E-state index contributed by atoms with van der Waals surface area (Å²) < 4.78 is 33.0. The fourth-order valence-electron chi connectivity index (χ4n) is 3.25. The van der Waals surface area contributed by atoms with E-state index in [1.807, 2.05) is 30.3 Å². The second kappa shape index (κ2) is 11.2. The summed E-state index contributed by atoms with van der Waals surface area (Å²) in [5.41, 5.74) is 0.368. The van der Waals surface area contributed by atoms with E-state index in [-0.39, 0.29) is 35.9 Å². The van der Waals surface area contributed by atoms with Crippen LogP contribution in [0.1, 0.15) is 18.4 Å². The fraction of sp³-hybridized carbons (Fsp3) is 0.381. The summed E-state index contributed by atoms with van der Waals surface area (Å²) in [4.78, 5) is 6.49. The van der Waals surface area contributed by atoms with Gasteiger partial charge in [-0.3, -0.25) is 4.99 Å². The molecule has 2 aromatic rings. The molecule has 28 heavy (non-hydrogen) atoms. The Balaban J connectivity index is 0.00000280. The number of ether oxygens (including phenoxy) is 1. The molecule has 0 aliphatic carbocycles. The van der Waals surface area contributed by atoms with E-state index in [9.17, 15) is 8.78 Å². The zero-order valence-corrected chi connectivity index (χ0v) is 18.2. The maximum atomic E-state index is 13.7. The predicted octanol–water partition coefficient (Wildman–Crippen LogP) is 4.24. The Kier molecular flexibility index (Phi) is 8.95. The minimum absolute atomic E-state index is 0. The number of benzene rings is 2. The third-order valence-corrected chi connectivity index (χ3v) is 4.68. The highest BCUT2D eigenvalue weighted by Crippen LogP contribution is 2.18. The lowest BCUT2D eigenvalue weighted by Crippen LogP contribution is -2.47. The summed E-state index contributed by atoms with van der Waals surface area (Å²) in [6.45, 7) is 2.17. The van der Waals surface area contributed by atoms with Gasteiger partial charge in [-0.05, 0) is 42.3 Å². The van der Waals surface area contributed by atoms with Crippen LogP contribution in [0.15, 0.2) is 53.5 Å². The first-order valence-corrected chi connectivity index (χ1v) is 9.27. The third kappa shape index (κ3) is 6.32. The number of guanidine groups is 1. The number of piperidine rings is 1. The lowest BCUT2D eigenvalue weighted by Gasteiger charge is -2.34. The van der Waals surface area contributed by atoms with E-state index in [0.29, 0.717) is 18.5 Å². The highest BCUT2D eigenvalue weighted by atomic mass is 127. The fourth-order valence-corrected chi connectivity index (χ4v) is 3.25. The molecule has 0 saturated carbocycles. The van der Waals surface area contributed by atoms with E-state index >= 15 is 0 Å². The Morgan fingerprint density at radius 3 is 2.54 bits per heavy atom. The van der Waals surface area contributed by atoms with Crippen LogP contribution < -0.4 is 10.1 Å². The largest absolute Gasteiger partial charge is 0.490 e. The molecule has 0 aromatic heterocycles. The van der Waals surface area contributed by atoms with Gasteiger partial charge >= 0.3 is 0 Å². The normalized spacial score (nSPS) is 15.1. The molecule has 1 aliphatic rings. The van der Waals surface area contributed by atoms with E-state index in [0.717, 1.165) is 49.8 Å². The van der Waals surface area contributed by atoms with Crippen molar-refractivity contribution in [1.29, 1.82) is 0 Å². The van der Waals surface area contributed by atoms with E-state index < -0.39 is 5.82 Å². The van der Waals surface area contributed by atoms with Gasteiger partial charge in [0, 0.05) is 39.5 Å². The van der Waals surface area contributed by atoms with Crippen molar-refractivity contribution in [3.05, 3.63) is 65.7 Å². The van der Waals surface area contributed by atoms with Crippen molar-refractivity contribution in [2.24, 2.45) is 4.99 Å². The third-order valence-electron chi connectivity index (χ3n) is 4.68. The van der Waals surface area contributed by atoms with Gasteiger partial charge in [0.1, 0.15) is 23.5 Å². The predicted molar refractivity (Wildman–Crippen MR) is 119 cm³/mol. The maximum absolute atomic E-state index is 13.7. The highest BCUT2D eigenvalue weighted by molar-refractivity contribution is 14.0. The average molecular weight is 501 g/mol. The molecule has 0 atom stereocenters. The molecule has 0 unspecified atom stereocenters. The summed E-state index contributed by atoms with van der Waals surface area (Å²) in [7, 11) is 1.73. The lowest BCUT2D eigenvalue weighted by molar-refractivity contribution is 0.129. The Hall–Kier alpha value is -1.90. The highest BCUT2D eigenvalue weighted by Gasteiger charge is 2.22. The van der Waals surface area contributed by atoms with Gasteiger partial charge in [-0.25, -0.2) is 8.78 Å². The molecule has 0 radical (unpaired) electrons. The smallest absolute Gasteiger partial charge is 0.193 e. The number of halogens is 3. The molecule has 2 aromatic carbocycles. The van der Waals surface area contributed by atoms with E-state index in [2.05, 4.69) is 15.2 Å². The zero-order valence-electron chi connectivity index (χ0n) is 15.9. The molecule has 1 fully saturated rings. The van der Waals surface area contributed by atoms with Gasteiger partial charge in [-0.2, -0.15) is 0 Å². The second-order valence-corrected chi connectivity index (χ2v) is 6.58. The van der Waals surface area contributed by atoms with Gasteiger partial charge < -0.3 is 15.0 Å². The summed E-state index contributed by atoms with van der Waals surface area (Å²) in [5, 5.41) is 3.24. The van der Waals surface area contributed by atoms with Crippen molar-refractivity contribution in [1.82, 2.24) is 10.2 Å². The first-order valence-electron chi connectivity index (χ1n) is 9.27. The Bertz CT molecular complexity index is 766. The van der Waals surface area contributed by atoms with Crippen molar-refractivity contribution in [3.63, 3.8) is 0 Å². The van der Waals surface area contributed by atoms with Crippen molar-refractivity contribution in [2.75, 3.05) is 26.7 Å². The van der Waals surface area contributed by atoms with Crippen molar-refractivity contribution in [2.45, 2.75) is 25.4 Å². The van der Waals surface area contributed by atoms with Gasteiger partial charge in [0.15, 0.2) is 5.96 Å². The maximum Gasteiger partial charge on any atom is 0.193 e. The number of hydrogen-bond donors (Lipinski definition) is 1. The summed E-state index contributed by atoms with van der Waals surface area (Å²) in [6, 6.07) is 13.4. The number of likely N-dealkylation sites (tertiary alicyclic amines) is 1. The molecule has 3 rings (SSSR count). The number of nitrogens with zero attached hydrogens (tertiary/aromatic N) is 2. The molecular weight excluding hydrogens is 475 g/mol. The van der Waals surface area contributed by atoms with Gasteiger partial charge in [0.25, 0.3) is 0 Å². The van der Waals surface area contributed by atoms with Crippen molar-refractivity contribution < 1.29 is 13.5 Å². The van der Waals surface area contributed by atoms with Crippen LogP contribution in [0, 0.1) is 11.6 Å². The summed E-state index contributed by atoms with van der Waals surface area (Å²) >= 11 is 0. The Labute approximate surface area is 182 Å². The topological polar surface area (TPSA) is 36.9 Å². The van der Waals surface area contributed by atoms with Crippen LogP contribution >= 0.6 is 24.0 Å². The molecule has 0 amide bonds. The Morgan fingerprint density at radius 2 is 1.86 bits per heavy atom. The van der Waals surface area contributed by atoms with E-state index in [1.165, 1.54) is 6.07 Å². The lowest BCUT2D eigenvalue weighted by atomic mass is 10.1. The average Bonchev–Trinajstić information content (AvgIpc) is 2.69. The zero-order chi connectivity index (χ0) is 19.1. The molecular formula is C21H26F2IN3O. The van der Waals surface area contributed by atoms with Crippen LogP contribution in [0.3, 0.4) is 0 Å². The molecule has 1 heterocycles. The number of aliphatic imine (C=N–C) groups is 1. The second-order valence-electron chi connectivity index (χ2n) is 6.58. The first-order chi connectivity index (χ1) is 13.2. The van der Waals surface area contributed by atoms with Crippen LogP contribution in [0.5, 0.6) is 5.75 Å². The quantitative estimate of drug-likeness (QED) is 0.379. The molecule has 0 bridgehead atoms. The summed E-state index contributed by atoms with van der Waals surface area (Å²) in [5.74, 6) is 0.879. The number of hydrogen-bond acceptors (Lipinski definition) is 2. The van der Waals surface area contributed by atoms with Crippen LogP contribution in [0.2, 0.25) is 0 Å². The van der Waals surface area contributed by atoms with E-state index in [4.69, 9.17) is 4.74 Å². The molecule has 1 N–H and O–H groups in total. The minimum atomic E-state index is -0.420. The van der Waals surface area contributed by atoms with Crippen LogP contribution in [-0.2, 0) is 6.42 Å². The molecule has 1 aliphatic heterocycles. The molecule has 4 nitrogen and oxygen atoms in total. The van der Waals surface area contributed by atoms with Gasteiger partial charge in [-0.15, -0.1) is 24.0 Å². The van der Waals surface area contributed by atoms with Crippen LogP contribution in [0.25, 0.3) is 0 Å². The number of nitrogens with one attached hydrogen (secondary N) is 1. The molecule has 152 valence electrons. The standard InChI is InChI=1S/C21H25F2N3O.HI/c1-24-21(25-12-9-16-15-17(22)7-8-20(16)23)26-13-10-19(11-14-26)27-18-5-3-2-4-6-18;/h2-8,15,19H,9-14H2,1H3,(H,24,25);1H. The first kappa shape index (κ1) is 22.4. The van der Waals surface area contributed by atoms with Gasteiger partial charge in [0.05, 0.1) is 0 Å². The number of para-hydroxylation sites is 1. The molecule has 0 spiro atoms. The van der Waals surface area contributed by atoms with Crippen molar-refractivity contribution >= 4 is 29.9 Å². The SMILES string of the molecule is CN=C(NCCc1cc(F)ccc1F)N1CCC(Oc2ccccc2)CC1.I. The molecule has 1 saturated heterocycles. The number of rotatable bonds is 5. The van der Waals surface area contributed by atoms with Crippen LogP contribution in [-0.4, -0.2) is 43.6 Å². The minimum Gasteiger partial charge on any atom is -0.490 e. The molecule has 7 heteroatoms. The van der Waals surface area contributed by atoms with Gasteiger partial charge in [-0.1, -0.05) is 18.2 Å². The van der Waals surface area contributed by atoms with Crippen LogP contribution in [0.4, 0.5) is 8.78 Å². The Morgan fingerprint density at radius 1 is 1.14 bits per heavy atom. The van der Waals surface area contributed by atoms with Crippen molar-refractivity contribution in [3.8, 4) is 5.75 Å². The van der Waals surface area contributed by atoms with E-state index in [1.54, 1.807) is 7.05 Å².